The van der Waals surface area contributed by atoms with Gasteiger partial charge in [-0.25, -0.2) is 4.90 Å². The Bertz CT molecular complexity index is 781. The van der Waals surface area contributed by atoms with Crippen LogP contribution in [0.1, 0.15) is 37.5 Å². The third kappa shape index (κ3) is 2.79. The van der Waals surface area contributed by atoms with Crippen LogP contribution in [0.3, 0.4) is 0 Å². The molecule has 3 amide bonds. The van der Waals surface area contributed by atoms with Crippen LogP contribution >= 0.6 is 0 Å². The van der Waals surface area contributed by atoms with Crippen molar-refractivity contribution in [1.82, 2.24) is 5.32 Å². The van der Waals surface area contributed by atoms with Crippen molar-refractivity contribution in [3.63, 3.8) is 0 Å². The lowest BCUT2D eigenvalue weighted by atomic mass is 10.1. The Morgan fingerprint density at radius 1 is 1.00 bits per heavy atom. The van der Waals surface area contributed by atoms with Gasteiger partial charge in [-0.05, 0) is 36.8 Å². The molecular formula is C18H16N2O4. The van der Waals surface area contributed by atoms with Gasteiger partial charge in [0.25, 0.3) is 17.7 Å². The Hall–Kier alpha value is -2.99. The van der Waals surface area contributed by atoms with E-state index < -0.39 is 11.8 Å². The number of nitrogens with zero attached hydrogens (tertiary/aromatic N) is 1. The second-order valence-electron chi connectivity index (χ2n) is 5.37. The number of amides is 3. The number of benzene rings is 2. The van der Waals surface area contributed by atoms with Gasteiger partial charge in [0.1, 0.15) is 0 Å². The SMILES string of the molecule is O=C(NCCCO)c1cccc(N2C(=O)c3ccccc3C2=O)c1. The zero-order chi connectivity index (χ0) is 17.1. The van der Waals surface area contributed by atoms with E-state index in [4.69, 9.17) is 5.11 Å². The number of carbonyl (C=O) groups is 3. The van der Waals surface area contributed by atoms with Gasteiger partial charge in [-0.1, -0.05) is 18.2 Å². The van der Waals surface area contributed by atoms with Gasteiger partial charge in [0.2, 0.25) is 0 Å². The summed E-state index contributed by atoms with van der Waals surface area (Å²) < 4.78 is 0. The molecule has 0 saturated carbocycles. The molecule has 0 bridgehead atoms. The highest BCUT2D eigenvalue weighted by atomic mass is 16.3. The standard InChI is InChI=1S/C18H16N2O4/c21-10-4-9-19-16(22)12-5-3-6-13(11-12)20-17(23)14-7-1-2-8-15(14)18(20)24/h1-3,5-8,11,21H,4,9-10H2,(H,19,22). The first kappa shape index (κ1) is 15.9. The van der Waals surface area contributed by atoms with E-state index in [1.165, 1.54) is 6.07 Å². The molecule has 0 unspecified atom stereocenters. The van der Waals surface area contributed by atoms with E-state index in [0.717, 1.165) is 4.90 Å². The van der Waals surface area contributed by atoms with Crippen LogP contribution in [0.5, 0.6) is 0 Å². The quantitative estimate of drug-likeness (QED) is 0.646. The van der Waals surface area contributed by atoms with Crippen LogP contribution in [-0.4, -0.2) is 36.0 Å². The molecule has 1 heterocycles. The molecule has 1 aliphatic rings. The van der Waals surface area contributed by atoms with Crippen molar-refractivity contribution >= 4 is 23.4 Å². The fraction of sp³-hybridized carbons (Fsp3) is 0.167. The predicted molar refractivity (Wildman–Crippen MR) is 88.1 cm³/mol. The fourth-order valence-electron chi connectivity index (χ4n) is 2.59. The summed E-state index contributed by atoms with van der Waals surface area (Å²) in [5.74, 6) is -1.11. The summed E-state index contributed by atoms with van der Waals surface area (Å²) in [4.78, 5) is 38.1. The molecule has 0 aliphatic carbocycles. The van der Waals surface area contributed by atoms with Crippen LogP contribution in [0, 0.1) is 0 Å². The van der Waals surface area contributed by atoms with E-state index in [9.17, 15) is 14.4 Å². The molecule has 122 valence electrons. The number of aliphatic hydroxyl groups excluding tert-OH is 1. The highest BCUT2D eigenvalue weighted by Gasteiger charge is 2.36. The number of anilines is 1. The number of fused-ring (bicyclic) bond motifs is 1. The normalized spacial score (nSPS) is 13.1. The Morgan fingerprint density at radius 2 is 1.67 bits per heavy atom. The molecule has 1 aliphatic heterocycles. The largest absolute Gasteiger partial charge is 0.396 e. The molecule has 0 spiro atoms. The van der Waals surface area contributed by atoms with Gasteiger partial charge in [-0.15, -0.1) is 0 Å². The molecule has 2 N–H and O–H groups in total. The molecule has 2 aromatic carbocycles. The van der Waals surface area contributed by atoms with Crippen molar-refractivity contribution in [3.8, 4) is 0 Å². The van der Waals surface area contributed by atoms with Crippen molar-refractivity contribution < 1.29 is 19.5 Å². The zero-order valence-corrected chi connectivity index (χ0v) is 12.9. The molecule has 2 aromatic rings. The summed E-state index contributed by atoms with van der Waals surface area (Å²) in [6.45, 7) is 0.349. The number of imide groups is 1. The number of carbonyl (C=O) groups excluding carboxylic acids is 3. The smallest absolute Gasteiger partial charge is 0.266 e. The molecule has 24 heavy (non-hydrogen) atoms. The van der Waals surface area contributed by atoms with E-state index in [2.05, 4.69) is 5.32 Å². The molecule has 0 aromatic heterocycles. The van der Waals surface area contributed by atoms with Gasteiger partial charge in [0.15, 0.2) is 0 Å². The van der Waals surface area contributed by atoms with E-state index in [0.29, 0.717) is 35.3 Å². The van der Waals surface area contributed by atoms with E-state index >= 15 is 0 Å². The predicted octanol–water partition coefficient (Wildman–Crippen LogP) is 1.60. The Morgan fingerprint density at radius 3 is 2.29 bits per heavy atom. The molecule has 0 radical (unpaired) electrons. The maximum absolute atomic E-state index is 12.5. The lowest BCUT2D eigenvalue weighted by Gasteiger charge is -2.15. The van der Waals surface area contributed by atoms with Crippen molar-refractivity contribution in [2.75, 3.05) is 18.1 Å². The van der Waals surface area contributed by atoms with E-state index in [1.807, 2.05) is 0 Å². The van der Waals surface area contributed by atoms with Crippen LogP contribution in [0.25, 0.3) is 0 Å². The molecule has 0 fully saturated rings. The minimum atomic E-state index is -0.395. The first-order valence-electron chi connectivity index (χ1n) is 7.60. The summed E-state index contributed by atoms with van der Waals surface area (Å²) in [5, 5.41) is 11.4. The van der Waals surface area contributed by atoms with Gasteiger partial charge in [-0.3, -0.25) is 14.4 Å². The van der Waals surface area contributed by atoms with Crippen LogP contribution < -0.4 is 10.2 Å². The van der Waals surface area contributed by atoms with E-state index in [-0.39, 0.29) is 12.5 Å². The lowest BCUT2D eigenvalue weighted by molar-refractivity contribution is 0.0919. The van der Waals surface area contributed by atoms with E-state index in [1.54, 1.807) is 42.5 Å². The second kappa shape index (κ2) is 6.64. The molecular weight excluding hydrogens is 308 g/mol. The third-order valence-electron chi connectivity index (χ3n) is 3.78. The van der Waals surface area contributed by atoms with Crippen LogP contribution in [-0.2, 0) is 0 Å². The highest BCUT2D eigenvalue weighted by Crippen LogP contribution is 2.28. The van der Waals surface area contributed by atoms with Crippen molar-refractivity contribution in [2.24, 2.45) is 0 Å². The first-order chi connectivity index (χ1) is 11.6. The van der Waals surface area contributed by atoms with Gasteiger partial charge in [-0.2, -0.15) is 0 Å². The summed E-state index contributed by atoms with van der Waals surface area (Å²) in [7, 11) is 0. The number of hydrogen-bond donors (Lipinski definition) is 2. The Kier molecular flexibility index (Phi) is 4.39. The van der Waals surface area contributed by atoms with Gasteiger partial charge < -0.3 is 10.4 Å². The molecule has 6 heteroatoms. The second-order valence-corrected chi connectivity index (χ2v) is 5.37. The third-order valence-corrected chi connectivity index (χ3v) is 3.78. The summed E-state index contributed by atoms with van der Waals surface area (Å²) in [6.07, 6.45) is 0.462. The molecule has 0 saturated heterocycles. The average Bonchev–Trinajstić information content (AvgIpc) is 2.86. The number of nitrogens with one attached hydrogen (secondary N) is 1. The zero-order valence-electron chi connectivity index (χ0n) is 12.9. The van der Waals surface area contributed by atoms with Crippen LogP contribution in [0.15, 0.2) is 48.5 Å². The maximum Gasteiger partial charge on any atom is 0.266 e. The fourth-order valence-corrected chi connectivity index (χ4v) is 2.59. The highest BCUT2D eigenvalue weighted by molar-refractivity contribution is 6.34. The van der Waals surface area contributed by atoms with Crippen molar-refractivity contribution in [1.29, 1.82) is 0 Å². The summed E-state index contributed by atoms with van der Waals surface area (Å²) in [6, 6.07) is 13.0. The number of hydrogen-bond acceptors (Lipinski definition) is 4. The minimum Gasteiger partial charge on any atom is -0.396 e. The average molecular weight is 324 g/mol. The molecule has 6 nitrogen and oxygen atoms in total. The first-order valence-corrected chi connectivity index (χ1v) is 7.60. The minimum absolute atomic E-state index is 0.00460. The van der Waals surface area contributed by atoms with Crippen molar-refractivity contribution in [2.45, 2.75) is 6.42 Å². The Labute approximate surface area is 138 Å². The number of rotatable bonds is 5. The molecule has 3 rings (SSSR count). The monoisotopic (exact) mass is 324 g/mol. The topological polar surface area (TPSA) is 86.7 Å². The van der Waals surface area contributed by atoms with Crippen molar-refractivity contribution in [3.05, 3.63) is 65.2 Å². The summed E-state index contributed by atoms with van der Waals surface area (Å²) in [5.41, 5.74) is 1.43. The molecule has 0 atom stereocenters. The van der Waals surface area contributed by atoms with Gasteiger partial charge in [0.05, 0.1) is 16.8 Å². The van der Waals surface area contributed by atoms with Gasteiger partial charge >= 0.3 is 0 Å². The van der Waals surface area contributed by atoms with Gasteiger partial charge in [0, 0.05) is 18.7 Å². The van der Waals surface area contributed by atoms with Crippen LogP contribution in [0.2, 0.25) is 0 Å². The lowest BCUT2D eigenvalue weighted by Crippen LogP contribution is -2.30. The van der Waals surface area contributed by atoms with Crippen LogP contribution in [0.4, 0.5) is 5.69 Å². The number of aliphatic hydroxyl groups is 1. The Balaban J connectivity index is 1.86. The maximum atomic E-state index is 12.5. The summed E-state index contributed by atoms with van der Waals surface area (Å²) >= 11 is 0.